The van der Waals surface area contributed by atoms with Crippen molar-refractivity contribution in [1.82, 2.24) is 10.2 Å². The number of hydrogen-bond donors (Lipinski definition) is 2. The summed E-state index contributed by atoms with van der Waals surface area (Å²) in [6.07, 6.45) is 1.78. The second kappa shape index (κ2) is 8.26. The minimum absolute atomic E-state index is 0.0122. The van der Waals surface area contributed by atoms with E-state index in [-0.39, 0.29) is 18.9 Å². The van der Waals surface area contributed by atoms with Crippen molar-refractivity contribution < 1.29 is 19.5 Å². The van der Waals surface area contributed by atoms with Crippen molar-refractivity contribution in [3.63, 3.8) is 0 Å². The van der Waals surface area contributed by atoms with E-state index in [2.05, 4.69) is 5.32 Å². The standard InChI is InChI=1S/C17H18N2O4S2/c1-10-5-3-4-6-12(10)9-13-15(21)19(17(24)25-13)8-7-14(20)18-11(2)16(22)23/h3-6,9,11H,7-8H2,1-2H3,(H,18,20)(H,22,23)/b13-9-. The third kappa shape index (κ3) is 4.90. The van der Waals surface area contributed by atoms with Crippen LogP contribution in [0.3, 0.4) is 0 Å². The van der Waals surface area contributed by atoms with E-state index < -0.39 is 17.9 Å². The first-order valence-corrected chi connectivity index (χ1v) is 8.85. The Kier molecular flexibility index (Phi) is 6.33. The molecule has 1 aliphatic rings. The van der Waals surface area contributed by atoms with Crippen LogP contribution in [-0.4, -0.2) is 44.7 Å². The van der Waals surface area contributed by atoms with Gasteiger partial charge in [-0.1, -0.05) is 48.2 Å². The number of carbonyl (C=O) groups is 3. The van der Waals surface area contributed by atoms with Gasteiger partial charge in [0.15, 0.2) is 0 Å². The van der Waals surface area contributed by atoms with Gasteiger partial charge in [0, 0.05) is 13.0 Å². The Bertz CT molecular complexity index is 761. The molecular formula is C17H18N2O4S2. The third-order valence-electron chi connectivity index (χ3n) is 3.66. The summed E-state index contributed by atoms with van der Waals surface area (Å²) in [6, 6.07) is 6.73. The van der Waals surface area contributed by atoms with Gasteiger partial charge in [-0.05, 0) is 31.1 Å². The molecular weight excluding hydrogens is 360 g/mol. The average molecular weight is 378 g/mol. The number of hydrogen-bond acceptors (Lipinski definition) is 5. The Morgan fingerprint density at radius 2 is 2.08 bits per heavy atom. The third-order valence-corrected chi connectivity index (χ3v) is 5.04. The summed E-state index contributed by atoms with van der Waals surface area (Å²) in [5.74, 6) is -1.79. The Morgan fingerprint density at radius 1 is 1.40 bits per heavy atom. The van der Waals surface area contributed by atoms with E-state index in [4.69, 9.17) is 17.3 Å². The van der Waals surface area contributed by atoms with E-state index in [0.717, 1.165) is 11.1 Å². The van der Waals surface area contributed by atoms with Crippen molar-refractivity contribution in [3.8, 4) is 0 Å². The van der Waals surface area contributed by atoms with Gasteiger partial charge in [0.1, 0.15) is 10.4 Å². The molecule has 2 amide bonds. The van der Waals surface area contributed by atoms with Crippen LogP contribution in [0.1, 0.15) is 24.5 Å². The van der Waals surface area contributed by atoms with Crippen LogP contribution in [0.2, 0.25) is 0 Å². The summed E-state index contributed by atoms with van der Waals surface area (Å²) in [6.45, 7) is 3.46. The quantitative estimate of drug-likeness (QED) is 0.583. The molecule has 8 heteroatoms. The second-order valence-electron chi connectivity index (χ2n) is 5.57. The van der Waals surface area contributed by atoms with Crippen LogP contribution >= 0.6 is 24.0 Å². The van der Waals surface area contributed by atoms with Crippen LogP contribution in [0.5, 0.6) is 0 Å². The van der Waals surface area contributed by atoms with Crippen molar-refractivity contribution in [3.05, 3.63) is 40.3 Å². The number of thiocarbonyl (C=S) groups is 1. The van der Waals surface area contributed by atoms with E-state index in [9.17, 15) is 14.4 Å². The lowest BCUT2D eigenvalue weighted by molar-refractivity contribution is -0.141. The highest BCUT2D eigenvalue weighted by Crippen LogP contribution is 2.33. The molecule has 1 atom stereocenters. The second-order valence-corrected chi connectivity index (χ2v) is 7.24. The molecule has 25 heavy (non-hydrogen) atoms. The van der Waals surface area contributed by atoms with Gasteiger partial charge in [-0.2, -0.15) is 0 Å². The van der Waals surface area contributed by atoms with E-state index in [1.807, 2.05) is 31.2 Å². The SMILES string of the molecule is Cc1ccccc1/C=C1\SC(=S)N(CCC(=O)NC(C)C(=O)O)C1=O. The molecule has 1 aromatic rings. The molecule has 2 N–H and O–H groups in total. The highest BCUT2D eigenvalue weighted by atomic mass is 32.2. The fraction of sp³-hybridized carbons (Fsp3) is 0.294. The zero-order valence-electron chi connectivity index (χ0n) is 13.8. The molecule has 2 rings (SSSR count). The predicted octanol–water partition coefficient (Wildman–Crippen LogP) is 2.18. The van der Waals surface area contributed by atoms with Crippen molar-refractivity contribution in [2.24, 2.45) is 0 Å². The molecule has 132 valence electrons. The molecule has 0 bridgehead atoms. The summed E-state index contributed by atoms with van der Waals surface area (Å²) in [4.78, 5) is 36.9. The van der Waals surface area contributed by atoms with Crippen LogP contribution in [0.25, 0.3) is 6.08 Å². The molecule has 0 radical (unpaired) electrons. The van der Waals surface area contributed by atoms with E-state index in [0.29, 0.717) is 9.23 Å². The molecule has 1 saturated heterocycles. The number of thioether (sulfide) groups is 1. The van der Waals surface area contributed by atoms with Gasteiger partial charge >= 0.3 is 5.97 Å². The molecule has 1 aromatic carbocycles. The number of aliphatic carboxylic acids is 1. The van der Waals surface area contributed by atoms with Crippen LogP contribution < -0.4 is 5.32 Å². The number of carbonyl (C=O) groups excluding carboxylic acids is 2. The van der Waals surface area contributed by atoms with Crippen molar-refractivity contribution in [1.29, 1.82) is 0 Å². The lowest BCUT2D eigenvalue weighted by Gasteiger charge is -2.15. The number of nitrogens with one attached hydrogen (secondary N) is 1. The van der Waals surface area contributed by atoms with Crippen LogP contribution in [0.15, 0.2) is 29.2 Å². The Labute approximate surface area is 155 Å². The molecule has 0 saturated carbocycles. The van der Waals surface area contributed by atoms with Gasteiger partial charge in [0.2, 0.25) is 5.91 Å². The molecule has 1 fully saturated rings. The minimum Gasteiger partial charge on any atom is -0.480 e. The Balaban J connectivity index is 2.01. The first kappa shape index (κ1) is 19.1. The molecule has 0 aromatic heterocycles. The van der Waals surface area contributed by atoms with Gasteiger partial charge in [0.05, 0.1) is 4.91 Å². The smallest absolute Gasteiger partial charge is 0.325 e. The number of carboxylic acids is 1. The van der Waals surface area contributed by atoms with Crippen molar-refractivity contribution in [2.75, 3.05) is 6.54 Å². The summed E-state index contributed by atoms with van der Waals surface area (Å²) in [5.41, 5.74) is 1.99. The van der Waals surface area contributed by atoms with E-state index >= 15 is 0 Å². The summed E-state index contributed by atoms with van der Waals surface area (Å²) >= 11 is 6.43. The zero-order valence-corrected chi connectivity index (χ0v) is 15.4. The lowest BCUT2D eigenvalue weighted by Crippen LogP contribution is -2.40. The lowest BCUT2D eigenvalue weighted by atomic mass is 10.1. The molecule has 0 spiro atoms. The maximum atomic E-state index is 12.5. The summed E-state index contributed by atoms with van der Waals surface area (Å²) in [7, 11) is 0. The highest BCUT2D eigenvalue weighted by Gasteiger charge is 2.32. The fourth-order valence-electron chi connectivity index (χ4n) is 2.17. The molecule has 0 aliphatic carbocycles. The van der Waals surface area contributed by atoms with E-state index in [1.165, 1.54) is 23.6 Å². The van der Waals surface area contributed by atoms with Gasteiger partial charge in [-0.3, -0.25) is 19.3 Å². The molecule has 1 aliphatic heterocycles. The van der Waals surface area contributed by atoms with Gasteiger partial charge in [0.25, 0.3) is 5.91 Å². The average Bonchev–Trinajstić information content (AvgIpc) is 2.81. The number of rotatable bonds is 6. The minimum atomic E-state index is -1.11. The first-order valence-electron chi connectivity index (χ1n) is 7.62. The maximum absolute atomic E-state index is 12.5. The topological polar surface area (TPSA) is 86.7 Å². The highest BCUT2D eigenvalue weighted by molar-refractivity contribution is 8.26. The van der Waals surface area contributed by atoms with Crippen molar-refractivity contribution in [2.45, 2.75) is 26.3 Å². The molecule has 6 nitrogen and oxygen atoms in total. The summed E-state index contributed by atoms with van der Waals surface area (Å²) < 4.78 is 0.393. The maximum Gasteiger partial charge on any atom is 0.325 e. The number of nitrogens with zero attached hydrogens (tertiary/aromatic N) is 1. The van der Waals surface area contributed by atoms with Crippen LogP contribution in [0.4, 0.5) is 0 Å². The van der Waals surface area contributed by atoms with Gasteiger partial charge in [-0.15, -0.1) is 0 Å². The largest absolute Gasteiger partial charge is 0.480 e. The monoisotopic (exact) mass is 378 g/mol. The number of aryl methyl sites for hydroxylation is 1. The van der Waals surface area contributed by atoms with Crippen molar-refractivity contribution >= 4 is 52.2 Å². The zero-order chi connectivity index (χ0) is 18.6. The van der Waals surface area contributed by atoms with Crippen LogP contribution in [-0.2, 0) is 14.4 Å². The van der Waals surface area contributed by atoms with E-state index in [1.54, 1.807) is 6.08 Å². The van der Waals surface area contributed by atoms with Gasteiger partial charge < -0.3 is 10.4 Å². The molecule has 1 unspecified atom stereocenters. The number of carboxylic acid groups (broad SMARTS) is 1. The first-order chi connectivity index (χ1) is 11.8. The predicted molar refractivity (Wildman–Crippen MR) is 101 cm³/mol. The number of benzene rings is 1. The fourth-order valence-corrected chi connectivity index (χ4v) is 3.47. The normalized spacial score (nSPS) is 17.0. The van der Waals surface area contributed by atoms with Crippen LogP contribution in [0, 0.1) is 6.92 Å². The van der Waals surface area contributed by atoms with Gasteiger partial charge in [-0.25, -0.2) is 0 Å². The Morgan fingerprint density at radius 3 is 2.72 bits per heavy atom. The Hall–Kier alpha value is -2.19. The summed E-state index contributed by atoms with van der Waals surface area (Å²) in [5, 5.41) is 11.1. The number of amides is 2. The molecule has 1 heterocycles.